The Morgan fingerprint density at radius 3 is 1.89 bits per heavy atom. The summed E-state index contributed by atoms with van der Waals surface area (Å²) in [7, 11) is 0. The van der Waals surface area contributed by atoms with E-state index in [-0.39, 0.29) is 5.41 Å². The Morgan fingerprint density at radius 1 is 0.400 bits per heavy atom. The van der Waals surface area contributed by atoms with Gasteiger partial charge in [-0.1, -0.05) is 146 Å². The van der Waals surface area contributed by atoms with Gasteiger partial charge in [-0.25, -0.2) is 0 Å². The van der Waals surface area contributed by atoms with Crippen molar-refractivity contribution in [1.29, 1.82) is 0 Å². The summed E-state index contributed by atoms with van der Waals surface area (Å²) in [5.41, 5.74) is 20.0. The maximum Gasteiger partial charge on any atom is 0.143 e. The maximum atomic E-state index is 7.17. The highest BCUT2D eigenvalue weighted by Gasteiger charge is 2.59. The lowest BCUT2D eigenvalue weighted by Crippen LogP contribution is -2.48. The minimum atomic E-state index is 0.0941. The van der Waals surface area contributed by atoms with Gasteiger partial charge in [-0.15, -0.1) is 11.3 Å². The number of hydrogen-bond acceptors (Lipinski definition) is 2. The molecule has 0 radical (unpaired) electrons. The molecule has 5 atom stereocenters. The van der Waals surface area contributed by atoms with E-state index in [1.807, 2.05) is 11.3 Å². The van der Waals surface area contributed by atoms with Crippen LogP contribution in [0.25, 0.3) is 130 Å². The van der Waals surface area contributed by atoms with E-state index in [0.29, 0.717) is 11.8 Å². The Labute approximate surface area is 437 Å². The molecule has 5 aliphatic carbocycles. The summed E-state index contributed by atoms with van der Waals surface area (Å²) in [6, 6.07) is 78.2. The van der Waals surface area contributed by atoms with Gasteiger partial charge in [0.2, 0.25) is 0 Å². The molecule has 0 saturated heterocycles. The van der Waals surface area contributed by atoms with Crippen molar-refractivity contribution in [2.75, 3.05) is 0 Å². The molecular weight excluding hydrogens is 929 g/mol. The zero-order valence-corrected chi connectivity index (χ0v) is 42.2. The van der Waals surface area contributed by atoms with Crippen molar-refractivity contribution in [1.82, 2.24) is 9.13 Å². The third-order valence-electron chi connectivity index (χ3n) is 19.2. The van der Waals surface area contributed by atoms with Crippen molar-refractivity contribution in [3.05, 3.63) is 217 Å². The molecule has 4 fully saturated rings. The van der Waals surface area contributed by atoms with Gasteiger partial charge >= 0.3 is 0 Å². The van der Waals surface area contributed by atoms with Gasteiger partial charge < -0.3 is 13.6 Å². The number of nitrogens with zero attached hydrogens (tertiary/aromatic N) is 2. The van der Waals surface area contributed by atoms with Crippen LogP contribution in [-0.4, -0.2) is 9.13 Å². The number of para-hydroxylation sites is 3. The Balaban J connectivity index is 0.806. The highest BCUT2D eigenvalue weighted by Crippen LogP contribution is 2.68. The van der Waals surface area contributed by atoms with Crippen LogP contribution < -0.4 is 0 Å². The predicted octanol–water partition coefficient (Wildman–Crippen LogP) is 19.6. The lowest BCUT2D eigenvalue weighted by atomic mass is 9.50. The topological polar surface area (TPSA) is 23.0 Å². The predicted molar refractivity (Wildman–Crippen MR) is 314 cm³/mol. The Kier molecular flexibility index (Phi) is 8.24. The van der Waals surface area contributed by atoms with Gasteiger partial charge in [0.1, 0.15) is 11.2 Å². The lowest BCUT2D eigenvalue weighted by Gasteiger charge is -2.53. The number of furan rings is 1. The van der Waals surface area contributed by atoms with Crippen LogP contribution in [0, 0.1) is 23.7 Å². The summed E-state index contributed by atoms with van der Waals surface area (Å²) in [4.78, 5) is 0. The van der Waals surface area contributed by atoms with Crippen molar-refractivity contribution in [3.63, 3.8) is 0 Å². The van der Waals surface area contributed by atoms with E-state index in [0.717, 1.165) is 39.5 Å². The van der Waals surface area contributed by atoms with E-state index in [1.165, 1.54) is 141 Å². The van der Waals surface area contributed by atoms with Crippen LogP contribution in [-0.2, 0) is 5.41 Å². The van der Waals surface area contributed by atoms with Crippen LogP contribution in [0.3, 0.4) is 0 Å². The first kappa shape index (κ1) is 41.2. The van der Waals surface area contributed by atoms with E-state index in [9.17, 15) is 0 Å². The van der Waals surface area contributed by atoms with Crippen LogP contribution in [0.5, 0.6) is 0 Å². The van der Waals surface area contributed by atoms with Gasteiger partial charge in [-0.05, 0) is 161 Å². The van der Waals surface area contributed by atoms with E-state index < -0.39 is 0 Å². The lowest BCUT2D eigenvalue weighted by molar-refractivity contribution is 0.0618. The molecule has 4 saturated carbocycles. The molecule has 10 aromatic carbocycles. The van der Waals surface area contributed by atoms with E-state index in [4.69, 9.17) is 4.42 Å². The van der Waals surface area contributed by atoms with Gasteiger partial charge in [0.05, 0.1) is 33.1 Å². The number of rotatable bonds is 4. The van der Waals surface area contributed by atoms with Crippen LogP contribution >= 0.6 is 11.3 Å². The molecule has 0 N–H and O–H groups in total. The molecule has 5 unspecified atom stereocenters. The average Bonchev–Trinajstić information content (AvgIpc) is 4.34. The molecule has 19 rings (SSSR count). The second-order valence-corrected chi connectivity index (χ2v) is 23.8. The monoisotopic (exact) mass is 978 g/mol. The summed E-state index contributed by atoms with van der Waals surface area (Å²) in [6.45, 7) is 0. The Bertz CT molecular complexity index is 4780. The third kappa shape index (κ3) is 5.50. The minimum Gasteiger partial charge on any atom is -0.455 e. The van der Waals surface area contributed by atoms with E-state index in [1.54, 1.807) is 11.1 Å². The number of fused-ring (bicyclic) bond motifs is 16. The second-order valence-electron chi connectivity index (χ2n) is 22.7. The highest BCUT2D eigenvalue weighted by molar-refractivity contribution is 7.25. The number of thiophene rings is 1. The second kappa shape index (κ2) is 15.0. The van der Waals surface area contributed by atoms with E-state index in [2.05, 4.69) is 215 Å². The van der Waals surface area contributed by atoms with Crippen molar-refractivity contribution >= 4 is 97.1 Å². The van der Waals surface area contributed by atoms with Crippen molar-refractivity contribution in [2.45, 2.75) is 43.9 Å². The fourth-order valence-corrected chi connectivity index (χ4v) is 17.5. The zero-order valence-electron chi connectivity index (χ0n) is 41.4. The molecule has 0 amide bonds. The Hall–Kier alpha value is -8.18. The standard InChI is InChI=1S/C71H50N2OS/c1-5-17-59-50(11-1)51-29-26-45(37-60(51)71(59)46-27-23-41-33-42(35-46)36-47(71)34-41)49-15-9-16-57-69-63(20-10-21-66(69)74-70(49)57)73-62-19-7-3-13-53(62)55-31-25-44(39-65(55)73)43-24-30-54-52-12-2-6-18-61(52)72(64(54)38-43)48-28-32-68-58(40-48)56-14-4-8-22-67(56)75-68/h1-22,24-26,28-32,37-42,46-47H,23,27,33-36H2. The average molecular weight is 979 g/mol. The Morgan fingerprint density at radius 2 is 1.04 bits per heavy atom. The van der Waals surface area contributed by atoms with Crippen LogP contribution in [0.2, 0.25) is 0 Å². The molecule has 4 aromatic heterocycles. The quantitative estimate of drug-likeness (QED) is 0.172. The summed E-state index contributed by atoms with van der Waals surface area (Å²) in [5, 5.41) is 9.91. The van der Waals surface area contributed by atoms with Gasteiger partial charge in [-0.3, -0.25) is 0 Å². The summed E-state index contributed by atoms with van der Waals surface area (Å²) < 4.78 is 14.8. The van der Waals surface area contributed by atoms with Crippen LogP contribution in [0.1, 0.15) is 49.7 Å². The van der Waals surface area contributed by atoms with Gasteiger partial charge in [0, 0.05) is 63.8 Å². The van der Waals surface area contributed by atoms with Crippen LogP contribution in [0.15, 0.2) is 211 Å². The fraction of sp³-hybridized carbons (Fsp3) is 0.155. The molecule has 4 heteroatoms. The molecule has 356 valence electrons. The van der Waals surface area contributed by atoms with Crippen molar-refractivity contribution in [2.24, 2.45) is 23.7 Å². The molecule has 14 aromatic rings. The third-order valence-corrected chi connectivity index (χ3v) is 20.4. The maximum absolute atomic E-state index is 7.17. The van der Waals surface area contributed by atoms with Gasteiger partial charge in [0.15, 0.2) is 0 Å². The summed E-state index contributed by atoms with van der Waals surface area (Å²) in [5.74, 6) is 3.19. The largest absolute Gasteiger partial charge is 0.455 e. The first-order chi connectivity index (χ1) is 37.1. The first-order valence-corrected chi connectivity index (χ1v) is 28.1. The van der Waals surface area contributed by atoms with Crippen molar-refractivity contribution < 1.29 is 4.42 Å². The molecule has 1 spiro atoms. The molecule has 75 heavy (non-hydrogen) atoms. The zero-order chi connectivity index (χ0) is 48.7. The summed E-state index contributed by atoms with van der Waals surface area (Å²) >= 11 is 1.87. The normalized spacial score (nSPS) is 20.8. The minimum absolute atomic E-state index is 0.0941. The number of hydrogen-bond donors (Lipinski definition) is 0. The SMILES string of the molecule is c1ccc2c(c1)-c1ccc(-c3cccc4c3oc3cccc(-n5c6ccccc6c6ccc(-c7ccc8c9ccccc9n(-c9ccc%10sc%11ccccc%11c%10c9)c8c7)cc65)c34)cc1C21C2CCC3CC(C2)CC1C3. The molecule has 4 bridgehead atoms. The summed E-state index contributed by atoms with van der Waals surface area (Å²) in [6.07, 6.45) is 8.35. The molecular formula is C71H50N2OS. The van der Waals surface area contributed by atoms with Crippen molar-refractivity contribution in [3.8, 4) is 44.8 Å². The highest BCUT2D eigenvalue weighted by atomic mass is 32.1. The molecule has 5 aliphatic rings. The molecule has 0 aliphatic heterocycles. The molecule has 3 nitrogen and oxygen atoms in total. The van der Waals surface area contributed by atoms with Crippen LogP contribution in [0.4, 0.5) is 0 Å². The van der Waals surface area contributed by atoms with Gasteiger partial charge in [-0.2, -0.15) is 0 Å². The smallest absolute Gasteiger partial charge is 0.143 e. The number of benzene rings is 10. The molecule has 4 heterocycles. The first-order valence-electron chi connectivity index (χ1n) is 27.3. The fourth-order valence-electron chi connectivity index (χ4n) is 16.4. The van der Waals surface area contributed by atoms with Gasteiger partial charge in [0.25, 0.3) is 0 Å². The number of aromatic nitrogens is 2. The van der Waals surface area contributed by atoms with E-state index >= 15 is 0 Å².